The molecule has 0 saturated heterocycles. The van der Waals surface area contributed by atoms with E-state index >= 15 is 0 Å². The Morgan fingerprint density at radius 3 is 2.78 bits per heavy atom. The van der Waals surface area contributed by atoms with Gasteiger partial charge in [0.15, 0.2) is 0 Å². The summed E-state index contributed by atoms with van der Waals surface area (Å²) in [6.45, 7) is 1.57. The number of nitrogens with one attached hydrogen (secondary N) is 1. The van der Waals surface area contributed by atoms with Crippen LogP contribution in [0.4, 0.5) is 10.2 Å². The van der Waals surface area contributed by atoms with Crippen LogP contribution in [-0.4, -0.2) is 16.0 Å². The summed E-state index contributed by atoms with van der Waals surface area (Å²) in [6, 6.07) is 9.33. The predicted octanol–water partition coefficient (Wildman–Crippen LogP) is 4.09. The monoisotopic (exact) mass is 331 g/mol. The smallest absolute Gasteiger partial charge is 0.262 e. The maximum atomic E-state index is 14.1. The highest BCUT2D eigenvalue weighted by molar-refractivity contribution is 6.33. The fourth-order valence-electron chi connectivity index (χ4n) is 2.15. The van der Waals surface area contributed by atoms with E-state index in [-0.39, 0.29) is 27.6 Å². The number of carbonyl (C=O) groups excluding carboxylic acids is 1. The molecule has 23 heavy (non-hydrogen) atoms. The van der Waals surface area contributed by atoms with E-state index in [1.807, 2.05) is 0 Å². The van der Waals surface area contributed by atoms with Crippen LogP contribution in [0.1, 0.15) is 16.1 Å². The topological polar surface area (TPSA) is 68.0 Å². The summed E-state index contributed by atoms with van der Waals surface area (Å²) >= 11 is 6.04. The number of aryl methyl sites for hydroxylation is 1. The molecular formula is C16H11ClFN3O2. The van der Waals surface area contributed by atoms with Crippen molar-refractivity contribution in [1.29, 1.82) is 0 Å². The highest BCUT2D eigenvalue weighted by Gasteiger charge is 2.25. The van der Waals surface area contributed by atoms with Crippen molar-refractivity contribution in [3.05, 3.63) is 64.8 Å². The van der Waals surface area contributed by atoms with E-state index in [0.717, 1.165) is 0 Å². The predicted molar refractivity (Wildman–Crippen MR) is 83.8 cm³/mol. The van der Waals surface area contributed by atoms with Crippen LogP contribution < -0.4 is 5.32 Å². The summed E-state index contributed by atoms with van der Waals surface area (Å²) in [5.74, 6) is -0.467. The average Bonchev–Trinajstić information content (AvgIpc) is 2.90. The van der Waals surface area contributed by atoms with Gasteiger partial charge in [0.25, 0.3) is 5.91 Å². The zero-order valence-electron chi connectivity index (χ0n) is 12.0. The fraction of sp³-hybridized carbons (Fsp3) is 0.0625. The Hall–Kier alpha value is -2.73. The summed E-state index contributed by atoms with van der Waals surface area (Å²) in [5, 5.41) is 6.55. The number of pyridine rings is 1. The number of rotatable bonds is 3. The molecule has 1 N–H and O–H groups in total. The number of hydrogen-bond donors (Lipinski definition) is 1. The van der Waals surface area contributed by atoms with Gasteiger partial charge in [0.1, 0.15) is 28.7 Å². The van der Waals surface area contributed by atoms with Gasteiger partial charge in [-0.2, -0.15) is 0 Å². The van der Waals surface area contributed by atoms with Gasteiger partial charge in [0, 0.05) is 6.20 Å². The van der Waals surface area contributed by atoms with Gasteiger partial charge in [0.05, 0.1) is 10.6 Å². The van der Waals surface area contributed by atoms with Crippen molar-refractivity contribution in [1.82, 2.24) is 10.1 Å². The van der Waals surface area contributed by atoms with Crippen molar-refractivity contribution < 1.29 is 13.7 Å². The van der Waals surface area contributed by atoms with Crippen LogP contribution in [-0.2, 0) is 0 Å². The Bertz CT molecular complexity index is 845. The first-order valence-corrected chi connectivity index (χ1v) is 7.08. The summed E-state index contributed by atoms with van der Waals surface area (Å²) in [4.78, 5) is 16.5. The third-order valence-corrected chi connectivity index (χ3v) is 3.51. The number of aromatic nitrogens is 2. The maximum absolute atomic E-state index is 14.1. The number of halogens is 2. The first-order valence-electron chi connectivity index (χ1n) is 6.71. The Labute approximate surface area is 136 Å². The molecule has 0 fully saturated rings. The largest absolute Gasteiger partial charge is 0.360 e. The third-order valence-electron chi connectivity index (χ3n) is 3.20. The molecule has 0 spiro atoms. The van der Waals surface area contributed by atoms with Crippen LogP contribution in [0.25, 0.3) is 11.3 Å². The molecule has 0 saturated carbocycles. The number of nitrogens with zero attached hydrogens (tertiary/aromatic N) is 2. The van der Waals surface area contributed by atoms with Crippen molar-refractivity contribution in [2.75, 3.05) is 5.32 Å². The fourth-order valence-corrected chi connectivity index (χ4v) is 2.40. The van der Waals surface area contributed by atoms with Gasteiger partial charge in [0.2, 0.25) is 0 Å². The summed E-state index contributed by atoms with van der Waals surface area (Å²) in [6.07, 6.45) is 1.55. The SMILES string of the molecule is Cc1onc(-c2c(F)cccc2Cl)c1C(=O)Nc1ccccn1. The van der Waals surface area contributed by atoms with Crippen molar-refractivity contribution in [3.63, 3.8) is 0 Å². The van der Waals surface area contributed by atoms with Gasteiger partial charge in [-0.25, -0.2) is 9.37 Å². The molecule has 0 aliphatic heterocycles. The molecule has 0 bridgehead atoms. The summed E-state index contributed by atoms with van der Waals surface area (Å²) in [7, 11) is 0. The number of amides is 1. The Morgan fingerprint density at radius 2 is 2.09 bits per heavy atom. The summed E-state index contributed by atoms with van der Waals surface area (Å²) < 4.78 is 19.2. The van der Waals surface area contributed by atoms with E-state index in [9.17, 15) is 9.18 Å². The van der Waals surface area contributed by atoms with Crippen LogP contribution in [0.5, 0.6) is 0 Å². The highest BCUT2D eigenvalue weighted by Crippen LogP contribution is 2.33. The molecule has 2 aromatic heterocycles. The lowest BCUT2D eigenvalue weighted by atomic mass is 10.0. The van der Waals surface area contributed by atoms with Gasteiger partial charge in [-0.1, -0.05) is 28.9 Å². The van der Waals surface area contributed by atoms with Gasteiger partial charge in [-0.15, -0.1) is 0 Å². The van der Waals surface area contributed by atoms with E-state index in [1.54, 1.807) is 31.3 Å². The van der Waals surface area contributed by atoms with E-state index in [0.29, 0.717) is 5.82 Å². The molecule has 5 nitrogen and oxygen atoms in total. The lowest BCUT2D eigenvalue weighted by molar-refractivity contribution is 0.102. The minimum Gasteiger partial charge on any atom is -0.360 e. The van der Waals surface area contributed by atoms with E-state index < -0.39 is 11.7 Å². The van der Waals surface area contributed by atoms with Crippen molar-refractivity contribution in [2.24, 2.45) is 0 Å². The molecule has 7 heteroatoms. The lowest BCUT2D eigenvalue weighted by Gasteiger charge is -2.06. The van der Waals surface area contributed by atoms with E-state index in [2.05, 4.69) is 15.5 Å². The molecule has 0 unspecified atom stereocenters. The molecule has 3 aromatic rings. The summed E-state index contributed by atoms with van der Waals surface area (Å²) in [5.41, 5.74) is 0.193. The highest BCUT2D eigenvalue weighted by atomic mass is 35.5. The molecule has 0 atom stereocenters. The van der Waals surface area contributed by atoms with Crippen LogP contribution in [0, 0.1) is 12.7 Å². The standard InChI is InChI=1S/C16H11ClFN3O2/c1-9-13(16(22)20-12-7-2-3-8-19-12)15(21-23-9)14-10(17)5-4-6-11(14)18/h2-8H,1H3,(H,19,20,22). The Kier molecular flexibility index (Phi) is 4.08. The second-order valence-electron chi connectivity index (χ2n) is 4.73. The zero-order valence-corrected chi connectivity index (χ0v) is 12.8. The molecular weight excluding hydrogens is 321 g/mol. The normalized spacial score (nSPS) is 10.6. The molecule has 116 valence electrons. The average molecular weight is 332 g/mol. The van der Waals surface area contributed by atoms with Gasteiger partial charge >= 0.3 is 0 Å². The molecule has 0 radical (unpaired) electrons. The molecule has 0 aliphatic carbocycles. The van der Waals surface area contributed by atoms with Crippen molar-refractivity contribution in [2.45, 2.75) is 6.92 Å². The van der Waals surface area contributed by atoms with E-state index in [4.69, 9.17) is 16.1 Å². The van der Waals surface area contributed by atoms with Crippen LogP contribution in [0.15, 0.2) is 47.1 Å². The van der Waals surface area contributed by atoms with Crippen LogP contribution in [0.2, 0.25) is 5.02 Å². The van der Waals surface area contributed by atoms with Crippen LogP contribution in [0.3, 0.4) is 0 Å². The number of carbonyl (C=O) groups is 1. The van der Waals surface area contributed by atoms with Crippen molar-refractivity contribution >= 4 is 23.3 Å². The minimum atomic E-state index is -0.585. The second-order valence-corrected chi connectivity index (χ2v) is 5.14. The quantitative estimate of drug-likeness (QED) is 0.785. The van der Waals surface area contributed by atoms with Gasteiger partial charge in [-0.3, -0.25) is 4.79 Å². The van der Waals surface area contributed by atoms with Gasteiger partial charge < -0.3 is 9.84 Å². The lowest BCUT2D eigenvalue weighted by Crippen LogP contribution is -2.14. The first kappa shape index (κ1) is 15.2. The molecule has 0 aliphatic rings. The molecule has 1 amide bonds. The molecule has 1 aromatic carbocycles. The number of benzene rings is 1. The van der Waals surface area contributed by atoms with Crippen molar-refractivity contribution in [3.8, 4) is 11.3 Å². The maximum Gasteiger partial charge on any atom is 0.262 e. The first-order chi connectivity index (χ1) is 11.1. The van der Waals surface area contributed by atoms with Crippen LogP contribution >= 0.6 is 11.6 Å². The Morgan fingerprint density at radius 1 is 1.26 bits per heavy atom. The third kappa shape index (κ3) is 2.93. The number of hydrogen-bond acceptors (Lipinski definition) is 4. The molecule has 2 heterocycles. The van der Waals surface area contributed by atoms with Gasteiger partial charge in [-0.05, 0) is 31.2 Å². The Balaban J connectivity index is 2.04. The zero-order chi connectivity index (χ0) is 16.4. The second kappa shape index (κ2) is 6.18. The minimum absolute atomic E-state index is 0.0252. The molecule has 3 rings (SSSR count). The van der Waals surface area contributed by atoms with E-state index in [1.165, 1.54) is 18.2 Å². The number of anilines is 1.